The zero-order valence-corrected chi connectivity index (χ0v) is 12.7. The Bertz CT molecular complexity index is 508. The predicted octanol–water partition coefficient (Wildman–Crippen LogP) is 2.00. The van der Waals surface area contributed by atoms with Crippen LogP contribution >= 0.6 is 11.6 Å². The van der Waals surface area contributed by atoms with Crippen LogP contribution in [0.3, 0.4) is 0 Å². The van der Waals surface area contributed by atoms with E-state index in [2.05, 4.69) is 28.6 Å². The Kier molecular flexibility index (Phi) is 3.65. The number of rotatable bonds is 1. The highest BCUT2D eigenvalue weighted by Crippen LogP contribution is 2.36. The molecule has 0 aliphatic carbocycles. The van der Waals surface area contributed by atoms with Crippen LogP contribution in [0.4, 0.5) is 11.6 Å². The fraction of sp³-hybridized carbons (Fsp3) is 0.643. The van der Waals surface area contributed by atoms with Gasteiger partial charge in [-0.25, -0.2) is 4.98 Å². The number of halogens is 1. The van der Waals surface area contributed by atoms with Crippen molar-refractivity contribution in [3.05, 3.63) is 11.1 Å². The fourth-order valence-electron chi connectivity index (χ4n) is 2.97. The van der Waals surface area contributed by atoms with Gasteiger partial charge in [-0.3, -0.25) is 4.90 Å². The van der Waals surface area contributed by atoms with Crippen LogP contribution in [0.15, 0.2) is 6.07 Å². The number of nitrogens with zero attached hydrogens (tertiary/aromatic N) is 3. The van der Waals surface area contributed by atoms with Gasteiger partial charge in [-0.1, -0.05) is 11.6 Å². The monoisotopic (exact) mass is 296 g/mol. The average Bonchev–Trinajstić information content (AvgIpc) is 2.58. The van der Waals surface area contributed by atoms with Gasteiger partial charge >= 0.3 is 0 Å². The van der Waals surface area contributed by atoms with Crippen molar-refractivity contribution < 1.29 is 4.74 Å². The van der Waals surface area contributed by atoms with Crippen molar-refractivity contribution >= 4 is 23.2 Å². The molecule has 1 fully saturated rings. The first kappa shape index (κ1) is 13.8. The lowest BCUT2D eigenvalue weighted by Crippen LogP contribution is -2.55. The number of hydrogen-bond acceptors (Lipinski definition) is 5. The molecule has 2 N–H and O–H groups in total. The molecule has 0 radical (unpaired) electrons. The number of nitrogens with two attached hydrogens (primary N) is 1. The van der Waals surface area contributed by atoms with Crippen molar-refractivity contribution in [2.45, 2.75) is 32.4 Å². The average molecular weight is 297 g/mol. The molecule has 5 nitrogen and oxygen atoms in total. The molecule has 0 saturated carbocycles. The maximum Gasteiger partial charge on any atom is 0.173 e. The number of piperazine rings is 1. The molecular weight excluding hydrogens is 276 g/mol. The lowest BCUT2D eigenvalue weighted by Gasteiger charge is -2.42. The zero-order valence-electron chi connectivity index (χ0n) is 12.0. The lowest BCUT2D eigenvalue weighted by molar-refractivity contribution is 0.172. The van der Waals surface area contributed by atoms with Crippen LogP contribution in [0, 0.1) is 0 Å². The molecule has 2 aliphatic heterocycles. The van der Waals surface area contributed by atoms with Crippen molar-refractivity contribution in [2.24, 2.45) is 0 Å². The molecule has 20 heavy (non-hydrogen) atoms. The number of hydrogen-bond donors (Lipinski definition) is 1. The van der Waals surface area contributed by atoms with Gasteiger partial charge in [-0.15, -0.1) is 0 Å². The van der Waals surface area contributed by atoms with Crippen molar-refractivity contribution in [3.63, 3.8) is 0 Å². The first-order valence-corrected chi connectivity index (χ1v) is 7.53. The van der Waals surface area contributed by atoms with Crippen LogP contribution in [0.25, 0.3) is 0 Å². The van der Waals surface area contributed by atoms with Gasteiger partial charge in [-0.2, -0.15) is 0 Å². The molecule has 2 aliphatic rings. The van der Waals surface area contributed by atoms with E-state index < -0.39 is 0 Å². The number of pyridine rings is 1. The summed E-state index contributed by atoms with van der Waals surface area (Å²) < 4.78 is 5.81. The normalized spacial score (nSPS) is 23.0. The van der Waals surface area contributed by atoms with Crippen molar-refractivity contribution in [3.8, 4) is 5.75 Å². The molecule has 0 spiro atoms. The molecule has 1 atom stereocenters. The zero-order chi connectivity index (χ0) is 14.3. The molecule has 1 saturated heterocycles. The van der Waals surface area contributed by atoms with E-state index in [1.54, 1.807) is 6.07 Å². The summed E-state index contributed by atoms with van der Waals surface area (Å²) in [6, 6.07) is 2.79. The van der Waals surface area contributed by atoms with Crippen molar-refractivity contribution in [1.82, 2.24) is 9.88 Å². The number of anilines is 2. The molecule has 3 heterocycles. The maximum absolute atomic E-state index is 6.04. The summed E-state index contributed by atoms with van der Waals surface area (Å²) in [6.45, 7) is 8.22. The summed E-state index contributed by atoms with van der Waals surface area (Å²) in [5.41, 5.74) is 5.86. The Morgan fingerprint density at radius 2 is 2.25 bits per heavy atom. The quantitative estimate of drug-likeness (QED) is 0.859. The van der Waals surface area contributed by atoms with Gasteiger partial charge < -0.3 is 15.4 Å². The SMILES string of the molecule is CC(C)N1CCN2c3nc(N)c(Cl)cc3OCCC2C1. The molecule has 1 unspecified atom stereocenters. The molecule has 6 heteroatoms. The number of fused-ring (bicyclic) bond motifs is 3. The van der Waals surface area contributed by atoms with Gasteiger partial charge in [0.25, 0.3) is 0 Å². The topological polar surface area (TPSA) is 54.6 Å². The third-order valence-corrected chi connectivity index (χ3v) is 4.48. The highest BCUT2D eigenvalue weighted by molar-refractivity contribution is 6.33. The maximum atomic E-state index is 6.04. The molecule has 0 aromatic carbocycles. The minimum Gasteiger partial charge on any atom is -0.490 e. The third kappa shape index (κ3) is 2.40. The van der Waals surface area contributed by atoms with E-state index in [1.165, 1.54) is 0 Å². The van der Waals surface area contributed by atoms with E-state index in [4.69, 9.17) is 22.1 Å². The minimum atomic E-state index is 0.376. The van der Waals surface area contributed by atoms with E-state index in [0.29, 0.717) is 29.5 Å². The van der Waals surface area contributed by atoms with E-state index in [0.717, 1.165) is 37.6 Å². The largest absolute Gasteiger partial charge is 0.490 e. The summed E-state index contributed by atoms with van der Waals surface area (Å²) in [5.74, 6) is 1.98. The summed E-state index contributed by atoms with van der Waals surface area (Å²) in [6.07, 6.45) is 0.997. The van der Waals surface area contributed by atoms with Crippen LogP contribution in [-0.2, 0) is 0 Å². The van der Waals surface area contributed by atoms with Crippen LogP contribution in [0.2, 0.25) is 5.02 Å². The second kappa shape index (κ2) is 5.30. The first-order chi connectivity index (χ1) is 9.56. The van der Waals surface area contributed by atoms with Gasteiger partial charge in [0, 0.05) is 44.2 Å². The van der Waals surface area contributed by atoms with Crippen LogP contribution in [-0.4, -0.2) is 48.2 Å². The summed E-state index contributed by atoms with van der Waals surface area (Å²) in [5, 5.41) is 0.461. The highest BCUT2D eigenvalue weighted by atomic mass is 35.5. The van der Waals surface area contributed by atoms with E-state index in [-0.39, 0.29) is 0 Å². The smallest absolute Gasteiger partial charge is 0.173 e. The Morgan fingerprint density at radius 3 is 3.00 bits per heavy atom. The van der Waals surface area contributed by atoms with Gasteiger partial charge in [0.2, 0.25) is 0 Å². The number of nitrogen functional groups attached to an aromatic ring is 1. The highest BCUT2D eigenvalue weighted by Gasteiger charge is 2.33. The Morgan fingerprint density at radius 1 is 1.45 bits per heavy atom. The van der Waals surface area contributed by atoms with Gasteiger partial charge in [-0.05, 0) is 13.8 Å². The molecular formula is C14H21ClN4O. The number of ether oxygens (including phenoxy) is 1. The number of aromatic nitrogens is 1. The summed E-state index contributed by atoms with van der Waals surface area (Å²) >= 11 is 6.04. The molecule has 0 bridgehead atoms. The molecule has 3 rings (SSSR count). The summed E-state index contributed by atoms with van der Waals surface area (Å²) in [4.78, 5) is 9.29. The van der Waals surface area contributed by atoms with Gasteiger partial charge in [0.05, 0.1) is 11.6 Å². The molecule has 110 valence electrons. The van der Waals surface area contributed by atoms with E-state index >= 15 is 0 Å². The lowest BCUT2D eigenvalue weighted by atomic mass is 10.1. The van der Waals surface area contributed by atoms with E-state index in [9.17, 15) is 0 Å². The van der Waals surface area contributed by atoms with Crippen LogP contribution in [0.1, 0.15) is 20.3 Å². The van der Waals surface area contributed by atoms with E-state index in [1.807, 2.05) is 0 Å². The van der Waals surface area contributed by atoms with Crippen molar-refractivity contribution in [1.29, 1.82) is 0 Å². The predicted molar refractivity (Wildman–Crippen MR) is 81.6 cm³/mol. The van der Waals surface area contributed by atoms with Gasteiger partial charge in [0.15, 0.2) is 11.6 Å². The second-order valence-electron chi connectivity index (χ2n) is 5.75. The Hall–Kier alpha value is -1.20. The van der Waals surface area contributed by atoms with Gasteiger partial charge in [0.1, 0.15) is 5.82 Å². The second-order valence-corrected chi connectivity index (χ2v) is 6.16. The molecule has 1 aromatic rings. The minimum absolute atomic E-state index is 0.376. The molecule has 1 aromatic heterocycles. The third-order valence-electron chi connectivity index (χ3n) is 4.17. The van der Waals surface area contributed by atoms with Crippen LogP contribution in [0.5, 0.6) is 5.75 Å². The standard InChI is InChI=1S/C14H21ClN4O/c1-9(2)18-4-5-19-10(8-18)3-6-20-12-7-11(15)13(16)17-14(12)19/h7,9-10H,3-6,8H2,1-2H3,(H2,16,17). The summed E-state index contributed by atoms with van der Waals surface area (Å²) in [7, 11) is 0. The Labute approximate surface area is 124 Å². The Balaban J connectivity index is 1.92. The van der Waals surface area contributed by atoms with Crippen LogP contribution < -0.4 is 15.4 Å². The first-order valence-electron chi connectivity index (χ1n) is 7.15. The fourth-order valence-corrected chi connectivity index (χ4v) is 3.11. The van der Waals surface area contributed by atoms with Crippen molar-refractivity contribution in [2.75, 3.05) is 36.9 Å². The molecule has 0 amide bonds.